The standard InChI is InChI=1S/C13H12N2O2/c1-15-6-4-11(9-15)13(17)7-12(16)10-3-2-5-14-8-10/h2-6,8-9H,7H2,1H3. The van der Waals surface area contributed by atoms with Crippen LogP contribution in [0.3, 0.4) is 0 Å². The summed E-state index contributed by atoms with van der Waals surface area (Å²) in [6, 6.07) is 5.05. The predicted molar refractivity (Wildman–Crippen MR) is 62.9 cm³/mol. The molecule has 4 nitrogen and oxygen atoms in total. The molecule has 2 aromatic rings. The van der Waals surface area contributed by atoms with E-state index in [1.807, 2.05) is 7.05 Å². The molecule has 0 saturated carbocycles. The maximum atomic E-state index is 11.8. The quantitative estimate of drug-likeness (QED) is 0.593. The van der Waals surface area contributed by atoms with Gasteiger partial charge in [0.2, 0.25) is 0 Å². The van der Waals surface area contributed by atoms with Crippen LogP contribution in [0.5, 0.6) is 0 Å². The van der Waals surface area contributed by atoms with Gasteiger partial charge in [-0.05, 0) is 18.2 Å². The normalized spacial score (nSPS) is 10.2. The number of Topliss-reactive ketones (excluding diaryl/α,β-unsaturated/α-hetero) is 2. The van der Waals surface area contributed by atoms with Crippen molar-refractivity contribution in [2.75, 3.05) is 0 Å². The van der Waals surface area contributed by atoms with Crippen molar-refractivity contribution >= 4 is 11.6 Å². The molecule has 0 aromatic carbocycles. The Balaban J connectivity index is 2.07. The molecule has 0 fully saturated rings. The summed E-state index contributed by atoms with van der Waals surface area (Å²) in [7, 11) is 1.83. The number of aryl methyl sites for hydroxylation is 1. The van der Waals surface area contributed by atoms with Gasteiger partial charge in [-0.3, -0.25) is 14.6 Å². The third kappa shape index (κ3) is 2.66. The molecular weight excluding hydrogens is 216 g/mol. The molecule has 0 saturated heterocycles. The first-order valence-corrected chi connectivity index (χ1v) is 5.25. The summed E-state index contributed by atoms with van der Waals surface area (Å²) >= 11 is 0. The second-order valence-corrected chi connectivity index (χ2v) is 3.83. The van der Waals surface area contributed by atoms with Gasteiger partial charge in [-0.1, -0.05) is 0 Å². The molecule has 0 spiro atoms. The van der Waals surface area contributed by atoms with Gasteiger partial charge >= 0.3 is 0 Å². The van der Waals surface area contributed by atoms with Crippen molar-refractivity contribution in [2.24, 2.45) is 7.05 Å². The van der Waals surface area contributed by atoms with E-state index in [-0.39, 0.29) is 18.0 Å². The van der Waals surface area contributed by atoms with E-state index in [4.69, 9.17) is 0 Å². The van der Waals surface area contributed by atoms with E-state index < -0.39 is 0 Å². The monoisotopic (exact) mass is 228 g/mol. The number of nitrogens with zero attached hydrogens (tertiary/aromatic N) is 2. The highest BCUT2D eigenvalue weighted by Gasteiger charge is 2.14. The van der Waals surface area contributed by atoms with Crippen LogP contribution < -0.4 is 0 Å². The number of rotatable bonds is 4. The van der Waals surface area contributed by atoms with Gasteiger partial charge in [0.05, 0.1) is 6.42 Å². The van der Waals surface area contributed by atoms with E-state index in [9.17, 15) is 9.59 Å². The summed E-state index contributed by atoms with van der Waals surface area (Å²) in [5, 5.41) is 0. The molecule has 0 amide bonds. The van der Waals surface area contributed by atoms with Crippen LogP contribution in [0.15, 0.2) is 43.0 Å². The Morgan fingerprint density at radius 2 is 2.00 bits per heavy atom. The summed E-state index contributed by atoms with van der Waals surface area (Å²) in [5.41, 5.74) is 1.03. The van der Waals surface area contributed by atoms with Gasteiger partial charge in [0, 0.05) is 43.0 Å². The second-order valence-electron chi connectivity index (χ2n) is 3.83. The molecule has 0 atom stereocenters. The molecule has 4 heteroatoms. The van der Waals surface area contributed by atoms with Crippen molar-refractivity contribution in [2.45, 2.75) is 6.42 Å². The number of pyridine rings is 1. The lowest BCUT2D eigenvalue weighted by Crippen LogP contribution is -2.08. The van der Waals surface area contributed by atoms with Gasteiger partial charge < -0.3 is 4.57 Å². The van der Waals surface area contributed by atoms with E-state index in [2.05, 4.69) is 4.98 Å². The summed E-state index contributed by atoms with van der Waals surface area (Å²) in [4.78, 5) is 27.4. The molecule has 0 aliphatic heterocycles. The molecule has 2 rings (SSSR count). The molecule has 86 valence electrons. The maximum Gasteiger partial charge on any atom is 0.172 e. The van der Waals surface area contributed by atoms with Crippen LogP contribution in [0.4, 0.5) is 0 Å². The molecular formula is C13H12N2O2. The minimum Gasteiger partial charge on any atom is -0.357 e. The van der Waals surface area contributed by atoms with Gasteiger partial charge in [-0.25, -0.2) is 0 Å². The Hall–Kier alpha value is -2.23. The largest absolute Gasteiger partial charge is 0.357 e. The molecule has 17 heavy (non-hydrogen) atoms. The van der Waals surface area contributed by atoms with Crippen molar-refractivity contribution in [3.05, 3.63) is 54.1 Å². The zero-order valence-corrected chi connectivity index (χ0v) is 9.46. The molecule has 0 bridgehead atoms. The van der Waals surface area contributed by atoms with Gasteiger partial charge in [0.1, 0.15) is 0 Å². The highest BCUT2D eigenvalue weighted by Crippen LogP contribution is 2.08. The van der Waals surface area contributed by atoms with E-state index in [1.54, 1.807) is 41.4 Å². The first kappa shape index (κ1) is 11.3. The molecule has 2 heterocycles. The fraction of sp³-hybridized carbons (Fsp3) is 0.154. The fourth-order valence-electron chi connectivity index (χ4n) is 1.55. The van der Waals surface area contributed by atoms with Crippen molar-refractivity contribution in [1.29, 1.82) is 0 Å². The van der Waals surface area contributed by atoms with Crippen LogP contribution in [-0.2, 0) is 7.05 Å². The summed E-state index contributed by atoms with van der Waals surface area (Å²) in [6.45, 7) is 0. The van der Waals surface area contributed by atoms with Gasteiger partial charge in [-0.15, -0.1) is 0 Å². The number of carbonyl (C=O) groups is 2. The Labute approximate surface area is 98.9 Å². The third-order valence-corrected chi connectivity index (χ3v) is 2.46. The van der Waals surface area contributed by atoms with Gasteiger partial charge in [-0.2, -0.15) is 0 Å². The van der Waals surface area contributed by atoms with Crippen molar-refractivity contribution in [3.63, 3.8) is 0 Å². The van der Waals surface area contributed by atoms with E-state index >= 15 is 0 Å². The molecule has 0 aliphatic rings. The zero-order valence-electron chi connectivity index (χ0n) is 9.46. The third-order valence-electron chi connectivity index (χ3n) is 2.46. The zero-order chi connectivity index (χ0) is 12.3. The average Bonchev–Trinajstić information content (AvgIpc) is 2.77. The summed E-state index contributed by atoms with van der Waals surface area (Å²) < 4.78 is 1.78. The maximum absolute atomic E-state index is 11.8. The van der Waals surface area contributed by atoms with Crippen LogP contribution in [0, 0.1) is 0 Å². The molecule has 0 unspecified atom stereocenters. The molecule has 2 aromatic heterocycles. The highest BCUT2D eigenvalue weighted by molar-refractivity contribution is 6.13. The SMILES string of the molecule is Cn1ccc(C(=O)CC(=O)c2cccnc2)c1. The average molecular weight is 228 g/mol. The molecule has 0 radical (unpaired) electrons. The number of ketones is 2. The molecule has 0 N–H and O–H groups in total. The van der Waals surface area contributed by atoms with Crippen LogP contribution in [0.1, 0.15) is 27.1 Å². The minimum atomic E-state index is -0.202. The number of aromatic nitrogens is 2. The second kappa shape index (κ2) is 4.74. The van der Waals surface area contributed by atoms with Crippen molar-refractivity contribution in [3.8, 4) is 0 Å². The summed E-state index contributed by atoms with van der Waals surface area (Å²) in [6.07, 6.45) is 6.44. The fourth-order valence-corrected chi connectivity index (χ4v) is 1.55. The van der Waals surface area contributed by atoms with Crippen molar-refractivity contribution in [1.82, 2.24) is 9.55 Å². The van der Waals surface area contributed by atoms with E-state index in [1.165, 1.54) is 6.20 Å². The Morgan fingerprint density at radius 3 is 2.59 bits per heavy atom. The first-order valence-electron chi connectivity index (χ1n) is 5.25. The lowest BCUT2D eigenvalue weighted by molar-refractivity contribution is 0.0894. The van der Waals surface area contributed by atoms with Crippen LogP contribution in [0.2, 0.25) is 0 Å². The Kier molecular flexibility index (Phi) is 3.14. The Morgan fingerprint density at radius 1 is 1.24 bits per heavy atom. The Bertz CT molecular complexity index is 544. The van der Waals surface area contributed by atoms with E-state index in [0.29, 0.717) is 11.1 Å². The van der Waals surface area contributed by atoms with Crippen molar-refractivity contribution < 1.29 is 9.59 Å². The number of hydrogen-bond acceptors (Lipinski definition) is 3. The van der Waals surface area contributed by atoms with Crippen LogP contribution in [0.25, 0.3) is 0 Å². The van der Waals surface area contributed by atoms with E-state index in [0.717, 1.165) is 0 Å². The van der Waals surface area contributed by atoms with Gasteiger partial charge in [0.25, 0.3) is 0 Å². The number of carbonyl (C=O) groups excluding carboxylic acids is 2. The highest BCUT2D eigenvalue weighted by atomic mass is 16.1. The van der Waals surface area contributed by atoms with Crippen LogP contribution >= 0.6 is 0 Å². The number of hydrogen-bond donors (Lipinski definition) is 0. The predicted octanol–water partition coefficient (Wildman–Crippen LogP) is 1.88. The molecule has 0 aliphatic carbocycles. The van der Waals surface area contributed by atoms with Crippen LogP contribution in [-0.4, -0.2) is 21.1 Å². The smallest absolute Gasteiger partial charge is 0.172 e. The topological polar surface area (TPSA) is 52.0 Å². The lowest BCUT2D eigenvalue weighted by atomic mass is 10.1. The van der Waals surface area contributed by atoms with Gasteiger partial charge in [0.15, 0.2) is 11.6 Å². The summed E-state index contributed by atoms with van der Waals surface area (Å²) in [5.74, 6) is -0.369. The minimum absolute atomic E-state index is 0.115. The first-order chi connectivity index (χ1) is 8.16. The lowest BCUT2D eigenvalue weighted by Gasteiger charge is -1.98.